The quantitative estimate of drug-likeness (QED) is 0.424. The van der Waals surface area contributed by atoms with Gasteiger partial charge in [0, 0.05) is 30.7 Å². The Balaban J connectivity index is 0.000000182. The Hall–Kier alpha value is -2.83. The monoisotopic (exact) mass is 448 g/mol. The molecule has 1 fully saturated rings. The smallest absolute Gasteiger partial charge is 0.315 e. The molecule has 3 aromatic rings. The number of carbonyl (C=O) groups excluding carboxylic acids is 1. The van der Waals surface area contributed by atoms with Crippen molar-refractivity contribution in [3.8, 4) is 11.1 Å². The van der Waals surface area contributed by atoms with Crippen molar-refractivity contribution < 1.29 is 4.79 Å². The van der Waals surface area contributed by atoms with Crippen molar-refractivity contribution in [2.45, 2.75) is 50.4 Å². The van der Waals surface area contributed by atoms with Crippen LogP contribution in [0.2, 0.25) is 0 Å². The first-order valence-electron chi connectivity index (χ1n) is 11.1. The molecule has 1 aromatic heterocycles. The second-order valence-electron chi connectivity index (χ2n) is 7.86. The Labute approximate surface area is 195 Å². The Morgan fingerprint density at radius 1 is 0.969 bits per heavy atom. The number of amides is 2. The summed E-state index contributed by atoms with van der Waals surface area (Å²) >= 11 is 1.36. The number of nitrogens with zero attached hydrogens (tertiary/aromatic N) is 1. The van der Waals surface area contributed by atoms with Gasteiger partial charge in [-0.3, -0.25) is 10.1 Å². The highest BCUT2D eigenvalue weighted by atomic mass is 32.2. The molecule has 168 valence electrons. The minimum absolute atomic E-state index is 0.0687. The highest BCUT2D eigenvalue weighted by Crippen LogP contribution is 2.25. The maximum atomic E-state index is 11.6. The van der Waals surface area contributed by atoms with Crippen LogP contribution in [0, 0.1) is 0 Å². The lowest BCUT2D eigenvalue weighted by molar-refractivity contribution is 0.232. The zero-order valence-electron chi connectivity index (χ0n) is 18.4. The van der Waals surface area contributed by atoms with E-state index >= 15 is 0 Å². The van der Waals surface area contributed by atoms with Crippen LogP contribution in [0.15, 0.2) is 79.1 Å². The molecule has 0 saturated heterocycles. The molecule has 0 aliphatic heterocycles. The van der Waals surface area contributed by atoms with Crippen molar-refractivity contribution in [2.75, 3.05) is 0 Å². The Bertz CT molecular complexity index is 931. The van der Waals surface area contributed by atoms with Crippen molar-refractivity contribution in [1.82, 2.24) is 15.6 Å². The summed E-state index contributed by atoms with van der Waals surface area (Å²) in [6.45, 7) is 0.534. The zero-order valence-corrected chi connectivity index (χ0v) is 19.2. The summed E-state index contributed by atoms with van der Waals surface area (Å²) in [6.07, 6.45) is 9.48. The lowest BCUT2D eigenvalue weighted by Crippen LogP contribution is -2.42. The number of aromatic nitrogens is 1. The molecule has 1 saturated carbocycles. The first-order chi connectivity index (χ1) is 15.8. The average molecular weight is 449 g/mol. The summed E-state index contributed by atoms with van der Waals surface area (Å²) in [5, 5.41) is 11.4. The number of urea groups is 1. The summed E-state index contributed by atoms with van der Waals surface area (Å²) in [7, 11) is 0. The van der Waals surface area contributed by atoms with Crippen LogP contribution in [0.1, 0.15) is 43.2 Å². The second-order valence-corrected chi connectivity index (χ2v) is 8.48. The van der Waals surface area contributed by atoms with Crippen LogP contribution in [-0.2, 0) is 12.3 Å². The minimum atomic E-state index is -0.0687. The van der Waals surface area contributed by atoms with E-state index in [4.69, 9.17) is 5.14 Å². The maximum Gasteiger partial charge on any atom is 0.315 e. The molecule has 0 unspecified atom stereocenters. The summed E-state index contributed by atoms with van der Waals surface area (Å²) in [6, 6.07) is 22.9. The molecule has 5 nitrogen and oxygen atoms in total. The van der Waals surface area contributed by atoms with Crippen molar-refractivity contribution in [3.05, 3.63) is 90.3 Å². The number of carbonyl (C=O) groups is 1. The average Bonchev–Trinajstić information content (AvgIpc) is 2.86. The fourth-order valence-electron chi connectivity index (χ4n) is 3.80. The van der Waals surface area contributed by atoms with Gasteiger partial charge in [0.1, 0.15) is 0 Å². The lowest BCUT2D eigenvalue weighted by atomic mass is 9.96. The largest absolute Gasteiger partial charge is 0.335 e. The molecule has 1 aliphatic rings. The molecule has 6 heteroatoms. The van der Waals surface area contributed by atoms with Crippen LogP contribution < -0.4 is 15.8 Å². The fourth-order valence-corrected chi connectivity index (χ4v) is 4.23. The Morgan fingerprint density at radius 3 is 2.44 bits per heavy atom. The highest BCUT2D eigenvalue weighted by molar-refractivity contribution is 7.96. The van der Waals surface area contributed by atoms with E-state index < -0.39 is 0 Å². The number of hydrogen-bond acceptors (Lipinski definition) is 4. The number of rotatable bonds is 6. The molecule has 1 aliphatic carbocycles. The molecule has 2 amide bonds. The van der Waals surface area contributed by atoms with Crippen molar-refractivity contribution >= 4 is 18.0 Å². The molecule has 1 heterocycles. The fraction of sp³-hybridized carbons (Fsp3) is 0.308. The molecular weight excluding hydrogens is 416 g/mol. The van der Waals surface area contributed by atoms with Gasteiger partial charge in [-0.25, -0.2) is 4.79 Å². The van der Waals surface area contributed by atoms with E-state index in [0.29, 0.717) is 12.6 Å². The van der Waals surface area contributed by atoms with Crippen molar-refractivity contribution in [2.24, 2.45) is 5.14 Å². The van der Waals surface area contributed by atoms with E-state index in [1.807, 2.05) is 18.2 Å². The molecule has 32 heavy (non-hydrogen) atoms. The van der Waals surface area contributed by atoms with Gasteiger partial charge in [-0.2, -0.15) is 0 Å². The van der Waals surface area contributed by atoms with Crippen LogP contribution in [-0.4, -0.2) is 17.1 Å². The van der Waals surface area contributed by atoms with Gasteiger partial charge in [0.15, 0.2) is 0 Å². The lowest BCUT2D eigenvalue weighted by Gasteiger charge is -2.22. The van der Waals surface area contributed by atoms with Crippen LogP contribution in [0.4, 0.5) is 4.79 Å². The first kappa shape index (κ1) is 23.8. The molecule has 2 aromatic carbocycles. The number of benzene rings is 2. The van der Waals surface area contributed by atoms with E-state index in [1.54, 1.807) is 12.4 Å². The summed E-state index contributed by atoms with van der Waals surface area (Å²) < 4.78 is 0. The van der Waals surface area contributed by atoms with Gasteiger partial charge >= 0.3 is 6.03 Å². The topological polar surface area (TPSA) is 80.0 Å². The van der Waals surface area contributed by atoms with Gasteiger partial charge in [-0.05, 0) is 41.2 Å². The molecule has 0 atom stereocenters. The third-order valence-electron chi connectivity index (χ3n) is 5.46. The summed E-state index contributed by atoms with van der Waals surface area (Å²) in [5.41, 5.74) is 4.83. The van der Waals surface area contributed by atoms with Gasteiger partial charge in [-0.1, -0.05) is 91.9 Å². The van der Waals surface area contributed by atoms with Gasteiger partial charge < -0.3 is 10.6 Å². The predicted molar refractivity (Wildman–Crippen MR) is 134 cm³/mol. The summed E-state index contributed by atoms with van der Waals surface area (Å²) in [5.74, 6) is 0.852. The van der Waals surface area contributed by atoms with Crippen LogP contribution in [0.25, 0.3) is 11.1 Å². The molecule has 4 rings (SSSR count). The van der Waals surface area contributed by atoms with Gasteiger partial charge in [0.05, 0.1) is 0 Å². The molecule has 4 N–H and O–H groups in total. The van der Waals surface area contributed by atoms with E-state index in [2.05, 4.69) is 64.1 Å². The first-order valence-corrected chi connectivity index (χ1v) is 12.2. The standard InChI is InChI=1S/C13H19N3O.C13H13NS/c17-13(16-12-6-2-1-3-7-12)15-10-11-5-4-8-14-9-11;14-15-10-12-8-4-5-9-13(12)11-6-2-1-3-7-11/h4-5,8-9,12H,1-3,6-7,10H2,(H2,15,16,17);1-9H,10,14H2. The highest BCUT2D eigenvalue weighted by Gasteiger charge is 2.15. The van der Waals surface area contributed by atoms with Crippen LogP contribution in [0.3, 0.4) is 0 Å². The summed E-state index contributed by atoms with van der Waals surface area (Å²) in [4.78, 5) is 15.6. The molecule has 0 radical (unpaired) electrons. The Morgan fingerprint density at radius 2 is 1.72 bits per heavy atom. The normalized spacial score (nSPS) is 13.5. The second kappa shape index (κ2) is 13.6. The van der Waals surface area contributed by atoms with Crippen LogP contribution in [0.5, 0.6) is 0 Å². The van der Waals surface area contributed by atoms with E-state index in [-0.39, 0.29) is 6.03 Å². The maximum absolute atomic E-state index is 11.6. The minimum Gasteiger partial charge on any atom is -0.335 e. The molecule has 0 bridgehead atoms. The van der Waals surface area contributed by atoms with E-state index in [1.165, 1.54) is 47.9 Å². The number of pyridine rings is 1. The number of nitrogens with one attached hydrogen (secondary N) is 2. The van der Waals surface area contributed by atoms with Crippen LogP contribution >= 0.6 is 11.9 Å². The predicted octanol–water partition coefficient (Wildman–Crippen LogP) is 5.67. The zero-order chi connectivity index (χ0) is 22.4. The van der Waals surface area contributed by atoms with Gasteiger partial charge in [-0.15, -0.1) is 0 Å². The van der Waals surface area contributed by atoms with E-state index in [9.17, 15) is 4.79 Å². The SMILES string of the molecule is NSCc1ccccc1-c1ccccc1.O=C(NCc1cccnc1)NC1CCCCC1. The number of nitrogens with two attached hydrogens (primary N) is 1. The third-order valence-corrected chi connectivity index (χ3v) is 5.93. The van der Waals surface area contributed by atoms with Crippen molar-refractivity contribution in [3.63, 3.8) is 0 Å². The van der Waals surface area contributed by atoms with Crippen molar-refractivity contribution in [1.29, 1.82) is 0 Å². The Kier molecular flexibility index (Phi) is 10.1. The van der Waals surface area contributed by atoms with Gasteiger partial charge in [0.2, 0.25) is 0 Å². The molecule has 0 spiro atoms. The van der Waals surface area contributed by atoms with Gasteiger partial charge in [0.25, 0.3) is 0 Å². The number of hydrogen-bond donors (Lipinski definition) is 3. The van der Waals surface area contributed by atoms with E-state index in [0.717, 1.165) is 24.2 Å². The third kappa shape index (κ3) is 8.02. The molecular formula is C26H32N4OS.